The highest BCUT2D eigenvalue weighted by molar-refractivity contribution is 7.80. The van der Waals surface area contributed by atoms with Crippen LogP contribution in [0.3, 0.4) is 0 Å². The van der Waals surface area contributed by atoms with Gasteiger partial charge in [0, 0.05) is 42.3 Å². The number of halogens is 3. The number of para-hydroxylation sites is 1. The van der Waals surface area contributed by atoms with E-state index in [2.05, 4.69) is 25.7 Å². The smallest absolute Gasteiger partial charge is 0.420 e. The van der Waals surface area contributed by atoms with E-state index in [0.29, 0.717) is 41.8 Å². The Morgan fingerprint density at radius 1 is 1.11 bits per heavy atom. The van der Waals surface area contributed by atoms with Gasteiger partial charge < -0.3 is 30.7 Å². The van der Waals surface area contributed by atoms with Crippen molar-refractivity contribution in [3.8, 4) is 5.75 Å². The fourth-order valence-corrected chi connectivity index (χ4v) is 3.93. The van der Waals surface area contributed by atoms with Crippen LogP contribution in [0.1, 0.15) is 16.8 Å². The Labute approximate surface area is 216 Å². The number of alkyl halides is 3. The molecule has 1 aliphatic heterocycles. The summed E-state index contributed by atoms with van der Waals surface area (Å²) in [5.41, 5.74) is -1.97. The maximum Gasteiger partial charge on any atom is 0.487 e. The second-order valence-electron chi connectivity index (χ2n) is 7.96. The predicted molar refractivity (Wildman–Crippen MR) is 139 cm³/mol. The van der Waals surface area contributed by atoms with Crippen LogP contribution in [0.4, 0.5) is 31.7 Å². The van der Waals surface area contributed by atoms with Crippen molar-refractivity contribution < 1.29 is 23.4 Å². The summed E-state index contributed by atoms with van der Waals surface area (Å²) >= 11 is 10.2. The molecule has 0 aliphatic carbocycles. The third kappa shape index (κ3) is 7.00. The van der Waals surface area contributed by atoms with Crippen LogP contribution in [-0.4, -0.2) is 45.9 Å². The van der Waals surface area contributed by atoms with Crippen LogP contribution in [0, 0.1) is 0 Å². The number of aliphatic hydroxyl groups excluding tert-OH is 1. The van der Waals surface area contributed by atoms with E-state index in [-0.39, 0.29) is 11.3 Å². The van der Waals surface area contributed by atoms with Gasteiger partial charge in [-0.25, -0.2) is 4.98 Å². The van der Waals surface area contributed by atoms with E-state index in [1.54, 1.807) is 6.07 Å². The first kappa shape index (κ1) is 25.5. The lowest BCUT2D eigenvalue weighted by atomic mass is 10.2. The maximum absolute atomic E-state index is 12.9. The molecule has 0 bridgehead atoms. The molecule has 0 radical (unpaired) electrons. The van der Waals surface area contributed by atoms with E-state index in [9.17, 15) is 18.7 Å². The van der Waals surface area contributed by atoms with E-state index in [0.717, 1.165) is 5.69 Å². The minimum Gasteiger partial charge on any atom is -0.420 e. The molecule has 4 rings (SSSR count). The van der Waals surface area contributed by atoms with Gasteiger partial charge in [0.15, 0.2) is 10.9 Å². The summed E-state index contributed by atoms with van der Waals surface area (Å²) in [6.45, 7) is 1.00. The van der Waals surface area contributed by atoms with Gasteiger partial charge in [0.2, 0.25) is 0 Å². The summed E-state index contributed by atoms with van der Waals surface area (Å²) in [5.74, 6) is -0.0848. The van der Waals surface area contributed by atoms with Gasteiger partial charge >= 0.3 is 5.57 Å². The van der Waals surface area contributed by atoms with Crippen LogP contribution in [0.2, 0.25) is 0 Å². The normalized spacial score (nSPS) is 15.3. The molecule has 0 unspecified atom stereocenters. The molecule has 12 heteroatoms. The number of nitrogens with zero attached hydrogens (tertiary/aromatic N) is 2. The number of thiocarbonyl (C=S) groups is 1. The molecule has 0 saturated carbocycles. The van der Waals surface area contributed by atoms with Gasteiger partial charge in [0.1, 0.15) is 5.75 Å². The first-order chi connectivity index (χ1) is 17.2. The number of hydrogen-bond donors (Lipinski definition) is 4. The highest BCUT2D eigenvalue weighted by atomic mass is 35.5. The van der Waals surface area contributed by atoms with Gasteiger partial charge in [0.25, 0.3) is 5.91 Å². The topological polar surface area (TPSA) is 98.8 Å². The molecular weight excluding hydrogens is 512 g/mol. The van der Waals surface area contributed by atoms with Crippen LogP contribution < -0.4 is 25.6 Å². The Balaban J connectivity index is 1.51. The Bertz CT molecular complexity index is 1230. The number of aromatic nitrogens is 1. The third-order valence-electron chi connectivity index (χ3n) is 5.22. The molecule has 1 aliphatic rings. The molecule has 1 fully saturated rings. The van der Waals surface area contributed by atoms with Crippen molar-refractivity contribution in [2.75, 3.05) is 33.9 Å². The number of rotatable bonds is 7. The average Bonchev–Trinajstić information content (AvgIpc) is 3.26. The maximum atomic E-state index is 12.9. The molecule has 3 aromatic rings. The summed E-state index contributed by atoms with van der Waals surface area (Å²) in [6.07, 6.45) is 1.55. The summed E-state index contributed by atoms with van der Waals surface area (Å²) in [6, 6.07) is 16.3. The van der Waals surface area contributed by atoms with E-state index < -0.39 is 17.6 Å². The number of ether oxygens (including phenoxy) is 1. The monoisotopic (exact) mass is 533 g/mol. The third-order valence-corrected chi connectivity index (χ3v) is 5.50. The van der Waals surface area contributed by atoms with Crippen LogP contribution in [0.15, 0.2) is 66.9 Å². The SMILES string of the molecule is O=C(Nc1ccc(OC(F)(F)Cl)cc1)c1cnc(N2CC[C@@H](O)C2)c(NC(=S)Nc2ccccc2)c1. The number of nitrogens with one attached hydrogen (secondary N) is 3. The van der Waals surface area contributed by atoms with Crippen molar-refractivity contribution in [1.29, 1.82) is 0 Å². The molecule has 1 saturated heterocycles. The molecule has 1 atom stereocenters. The van der Waals surface area contributed by atoms with Crippen molar-refractivity contribution in [1.82, 2.24) is 4.98 Å². The van der Waals surface area contributed by atoms with Crippen molar-refractivity contribution >= 4 is 57.7 Å². The number of benzene rings is 2. The second-order valence-corrected chi connectivity index (χ2v) is 8.80. The fraction of sp³-hybridized carbons (Fsp3) is 0.208. The molecule has 8 nitrogen and oxygen atoms in total. The van der Waals surface area contributed by atoms with E-state index in [1.807, 2.05) is 35.2 Å². The lowest BCUT2D eigenvalue weighted by Crippen LogP contribution is -2.26. The second kappa shape index (κ2) is 11.0. The lowest BCUT2D eigenvalue weighted by Gasteiger charge is -2.22. The molecular formula is C24H22ClF2N5O3S. The summed E-state index contributed by atoms with van der Waals surface area (Å²) in [5, 5.41) is 19.1. The number of pyridine rings is 1. The van der Waals surface area contributed by atoms with Crippen molar-refractivity contribution in [3.05, 3.63) is 72.4 Å². The van der Waals surface area contributed by atoms with Crippen LogP contribution in [-0.2, 0) is 0 Å². The minimum absolute atomic E-state index is 0.155. The zero-order chi connectivity index (χ0) is 25.7. The number of hydrogen-bond acceptors (Lipinski definition) is 6. The Morgan fingerprint density at radius 2 is 1.81 bits per heavy atom. The molecule has 2 heterocycles. The Morgan fingerprint density at radius 3 is 2.44 bits per heavy atom. The van der Waals surface area contributed by atoms with Gasteiger partial charge in [-0.15, -0.1) is 8.78 Å². The standard InChI is InChI=1S/C24H22ClF2N5O3S/c25-24(26,27)35-19-8-6-17(7-9-19)29-22(34)15-12-20(21(28-13-15)32-11-10-18(33)14-32)31-23(36)30-16-4-2-1-3-5-16/h1-9,12-13,18,33H,10-11,14H2,(H,29,34)(H2,30,31,36)/t18-/m1/s1. The molecule has 1 aromatic heterocycles. The van der Waals surface area contributed by atoms with Crippen molar-refractivity contribution in [3.63, 3.8) is 0 Å². The summed E-state index contributed by atoms with van der Waals surface area (Å²) in [7, 11) is 0. The van der Waals surface area contributed by atoms with Crippen molar-refractivity contribution in [2.24, 2.45) is 0 Å². The van der Waals surface area contributed by atoms with Crippen LogP contribution in [0.25, 0.3) is 0 Å². The molecule has 0 spiro atoms. The average molecular weight is 534 g/mol. The number of carbonyl (C=O) groups is 1. The zero-order valence-corrected chi connectivity index (χ0v) is 20.3. The minimum atomic E-state index is -3.83. The number of amides is 1. The molecule has 188 valence electrons. The van der Waals surface area contributed by atoms with Gasteiger partial charge in [-0.1, -0.05) is 18.2 Å². The van der Waals surface area contributed by atoms with Crippen molar-refractivity contribution in [2.45, 2.75) is 18.1 Å². The van der Waals surface area contributed by atoms with E-state index >= 15 is 0 Å². The fourth-order valence-electron chi connectivity index (χ4n) is 3.61. The Hall–Kier alpha value is -3.54. The largest absolute Gasteiger partial charge is 0.487 e. The number of aliphatic hydroxyl groups is 1. The molecule has 1 amide bonds. The van der Waals surface area contributed by atoms with Gasteiger partial charge in [-0.3, -0.25) is 4.79 Å². The number of β-amino-alcohol motifs (C(OH)–C–C–N with tert-alkyl or cyclic N) is 1. The van der Waals surface area contributed by atoms with Gasteiger partial charge in [-0.05, 0) is 61.1 Å². The number of anilines is 4. The van der Waals surface area contributed by atoms with E-state index in [1.165, 1.54) is 30.5 Å². The molecule has 36 heavy (non-hydrogen) atoms. The highest BCUT2D eigenvalue weighted by Crippen LogP contribution is 2.29. The molecule has 2 aromatic carbocycles. The summed E-state index contributed by atoms with van der Waals surface area (Å²) < 4.78 is 29.8. The molecule has 4 N–H and O–H groups in total. The van der Waals surface area contributed by atoms with Gasteiger partial charge in [0.05, 0.1) is 17.4 Å². The van der Waals surface area contributed by atoms with E-state index in [4.69, 9.17) is 23.8 Å². The van der Waals surface area contributed by atoms with Crippen LogP contribution >= 0.6 is 23.8 Å². The van der Waals surface area contributed by atoms with Gasteiger partial charge in [-0.2, -0.15) is 0 Å². The number of carbonyl (C=O) groups excluding carboxylic acids is 1. The first-order valence-electron chi connectivity index (χ1n) is 10.9. The lowest BCUT2D eigenvalue weighted by molar-refractivity contribution is -0.0964. The predicted octanol–water partition coefficient (Wildman–Crippen LogP) is 4.88. The summed E-state index contributed by atoms with van der Waals surface area (Å²) in [4.78, 5) is 19.3. The Kier molecular flexibility index (Phi) is 7.82. The van der Waals surface area contributed by atoms with Crippen LogP contribution in [0.5, 0.6) is 5.75 Å². The highest BCUT2D eigenvalue weighted by Gasteiger charge is 2.27. The zero-order valence-electron chi connectivity index (χ0n) is 18.7. The quantitative estimate of drug-likeness (QED) is 0.252. The first-order valence-corrected chi connectivity index (χ1v) is 11.7.